The number of nitrogens with zero attached hydrogens (tertiary/aromatic N) is 1. The van der Waals surface area contributed by atoms with E-state index >= 15 is 0 Å². The Balaban J connectivity index is 2.88. The minimum atomic E-state index is -0.396. The first-order valence-corrected chi connectivity index (χ1v) is 3.58. The van der Waals surface area contributed by atoms with Crippen LogP contribution in [0.3, 0.4) is 0 Å². The maximum absolute atomic E-state index is 10.3. The van der Waals surface area contributed by atoms with Gasteiger partial charge in [-0.15, -0.1) is 0 Å². The zero-order valence-electron chi connectivity index (χ0n) is 6.56. The lowest BCUT2D eigenvalue weighted by molar-refractivity contribution is -0.612. The van der Waals surface area contributed by atoms with Crippen LogP contribution < -0.4 is 5.32 Å². The van der Waals surface area contributed by atoms with Crippen molar-refractivity contribution in [2.24, 2.45) is 0 Å². The molecule has 0 aliphatic rings. The minimum Gasteiger partial charge on any atom is -0.475 e. The van der Waals surface area contributed by atoms with Crippen LogP contribution in [0.25, 0.3) is 0 Å². The Kier molecular flexibility index (Phi) is 2.76. The number of benzene rings is 1. The van der Waals surface area contributed by atoms with Crippen LogP contribution in [0.15, 0.2) is 24.3 Å². The van der Waals surface area contributed by atoms with Crippen molar-refractivity contribution >= 4 is 5.69 Å². The van der Waals surface area contributed by atoms with Gasteiger partial charge in [-0.2, -0.15) is 7.05 Å². The van der Waals surface area contributed by atoms with E-state index in [4.69, 9.17) is 0 Å². The van der Waals surface area contributed by atoms with Crippen molar-refractivity contribution in [3.8, 4) is 0 Å². The molecule has 0 saturated carbocycles. The molecular formula is C8H10N2O2. The molecule has 12 heavy (non-hydrogen) atoms. The van der Waals surface area contributed by atoms with Crippen LogP contribution in [-0.2, 0) is 6.54 Å². The summed E-state index contributed by atoms with van der Waals surface area (Å²) in [5, 5.41) is 12.1. The maximum Gasteiger partial charge on any atom is 0.269 e. The van der Waals surface area contributed by atoms with Gasteiger partial charge in [0.05, 0.1) is 11.5 Å². The van der Waals surface area contributed by atoms with E-state index in [1.54, 1.807) is 17.4 Å². The lowest BCUT2D eigenvalue weighted by Gasteiger charge is -1.99. The van der Waals surface area contributed by atoms with Gasteiger partial charge in [-0.25, -0.2) is 0 Å². The van der Waals surface area contributed by atoms with E-state index in [2.05, 4.69) is 7.05 Å². The highest BCUT2D eigenvalue weighted by Crippen LogP contribution is 2.11. The topological polar surface area (TPSA) is 59.8 Å². The van der Waals surface area contributed by atoms with Gasteiger partial charge in [0.25, 0.3) is 5.69 Å². The Labute approximate surface area is 70.4 Å². The van der Waals surface area contributed by atoms with Gasteiger partial charge in [-0.1, -0.05) is 12.1 Å². The molecule has 0 amide bonds. The van der Waals surface area contributed by atoms with Crippen LogP contribution in [0.1, 0.15) is 5.56 Å². The van der Waals surface area contributed by atoms with Gasteiger partial charge in [-0.3, -0.25) is 10.1 Å². The molecule has 0 fully saturated rings. The Bertz CT molecular complexity index is 286. The summed E-state index contributed by atoms with van der Waals surface area (Å²) in [5.41, 5.74) is 1.05. The number of hydrogen-bond donors (Lipinski definition) is 1. The van der Waals surface area contributed by atoms with Crippen LogP contribution in [0.2, 0.25) is 0 Å². The zero-order valence-corrected chi connectivity index (χ0v) is 6.56. The molecule has 64 valence electrons. The summed E-state index contributed by atoms with van der Waals surface area (Å²) in [5.74, 6) is 0. The van der Waals surface area contributed by atoms with Crippen molar-refractivity contribution in [2.45, 2.75) is 6.54 Å². The number of quaternary nitrogens is 1. The number of nitrogens with two attached hydrogens (primary N) is 1. The number of nitro benzene ring substituents is 1. The molecule has 0 radical (unpaired) electrons. The highest BCUT2D eigenvalue weighted by Gasteiger charge is 2.04. The van der Waals surface area contributed by atoms with Gasteiger partial charge in [0.1, 0.15) is 0 Å². The molecule has 2 N–H and O–H groups in total. The second-order valence-corrected chi connectivity index (χ2v) is 2.42. The van der Waals surface area contributed by atoms with Gasteiger partial charge in [-0.05, 0) is 0 Å². The standard InChI is InChI=1S/C8H10N2O2/c1-9-6-7-3-2-4-8(5-7)10(11)12/h2-5H,1,6,9H2. The summed E-state index contributed by atoms with van der Waals surface area (Å²) in [6.07, 6.45) is 0. The van der Waals surface area contributed by atoms with Crippen molar-refractivity contribution in [1.29, 1.82) is 0 Å². The van der Waals surface area contributed by atoms with Gasteiger partial charge in [0, 0.05) is 17.7 Å². The van der Waals surface area contributed by atoms with Crippen molar-refractivity contribution in [2.75, 3.05) is 0 Å². The van der Waals surface area contributed by atoms with E-state index in [9.17, 15) is 10.1 Å². The molecule has 0 heterocycles. The second-order valence-electron chi connectivity index (χ2n) is 2.42. The van der Waals surface area contributed by atoms with Crippen LogP contribution in [0.4, 0.5) is 5.69 Å². The van der Waals surface area contributed by atoms with Crippen molar-refractivity contribution in [3.05, 3.63) is 47.0 Å². The van der Waals surface area contributed by atoms with Crippen molar-refractivity contribution < 1.29 is 10.2 Å². The van der Waals surface area contributed by atoms with E-state index in [1.807, 2.05) is 6.07 Å². The van der Waals surface area contributed by atoms with Gasteiger partial charge < -0.3 is 5.32 Å². The Hall–Kier alpha value is -1.42. The number of nitro groups is 1. The molecule has 0 bridgehead atoms. The minimum absolute atomic E-state index is 0.134. The molecule has 0 aromatic heterocycles. The molecule has 1 aromatic carbocycles. The summed E-state index contributed by atoms with van der Waals surface area (Å²) in [7, 11) is 3.56. The van der Waals surface area contributed by atoms with Crippen molar-refractivity contribution in [3.63, 3.8) is 0 Å². The van der Waals surface area contributed by atoms with E-state index in [-0.39, 0.29) is 5.69 Å². The van der Waals surface area contributed by atoms with Gasteiger partial charge >= 0.3 is 0 Å². The quantitative estimate of drug-likeness (QED) is 0.402. The summed E-state index contributed by atoms with van der Waals surface area (Å²) in [6.45, 7) is 0.668. The molecule has 4 heteroatoms. The summed E-state index contributed by atoms with van der Waals surface area (Å²) in [4.78, 5) is 9.94. The van der Waals surface area contributed by atoms with E-state index in [0.29, 0.717) is 6.54 Å². The Morgan fingerprint density at radius 3 is 2.92 bits per heavy atom. The maximum atomic E-state index is 10.3. The van der Waals surface area contributed by atoms with E-state index in [0.717, 1.165) is 5.56 Å². The van der Waals surface area contributed by atoms with Gasteiger partial charge in [0.2, 0.25) is 0 Å². The summed E-state index contributed by atoms with van der Waals surface area (Å²) >= 11 is 0. The molecule has 0 atom stereocenters. The summed E-state index contributed by atoms with van der Waals surface area (Å²) in [6, 6.07) is 6.56. The SMILES string of the molecule is [CH2-][NH2+]Cc1cccc([N+](=O)[O-])c1. The highest BCUT2D eigenvalue weighted by atomic mass is 16.6. The number of non-ortho nitro benzene ring substituents is 1. The predicted molar refractivity (Wildman–Crippen MR) is 44.1 cm³/mol. The fraction of sp³-hybridized carbons (Fsp3) is 0.125. The smallest absolute Gasteiger partial charge is 0.269 e. The monoisotopic (exact) mass is 166 g/mol. The lowest BCUT2D eigenvalue weighted by atomic mass is 10.2. The number of rotatable bonds is 3. The Morgan fingerprint density at radius 2 is 2.33 bits per heavy atom. The highest BCUT2D eigenvalue weighted by molar-refractivity contribution is 5.33. The average molecular weight is 166 g/mol. The third kappa shape index (κ3) is 2.03. The van der Waals surface area contributed by atoms with Crippen LogP contribution >= 0.6 is 0 Å². The van der Waals surface area contributed by atoms with Crippen LogP contribution in [0.5, 0.6) is 0 Å². The number of hydrogen-bond acceptors (Lipinski definition) is 2. The van der Waals surface area contributed by atoms with Gasteiger partial charge in [0.15, 0.2) is 0 Å². The molecule has 0 aliphatic carbocycles. The van der Waals surface area contributed by atoms with Crippen LogP contribution in [-0.4, -0.2) is 4.92 Å². The van der Waals surface area contributed by atoms with Crippen molar-refractivity contribution in [1.82, 2.24) is 0 Å². The first-order chi connectivity index (χ1) is 5.74. The molecular weight excluding hydrogens is 156 g/mol. The molecule has 1 rings (SSSR count). The first-order valence-electron chi connectivity index (χ1n) is 3.58. The first kappa shape index (κ1) is 8.67. The molecule has 4 nitrogen and oxygen atoms in total. The molecule has 0 spiro atoms. The fourth-order valence-electron chi connectivity index (χ4n) is 0.964. The van der Waals surface area contributed by atoms with Crippen LogP contribution in [0, 0.1) is 17.2 Å². The normalized spacial score (nSPS) is 9.75. The third-order valence-corrected chi connectivity index (χ3v) is 1.50. The average Bonchev–Trinajstić information content (AvgIpc) is 2.05. The molecule has 0 saturated heterocycles. The fourth-order valence-corrected chi connectivity index (χ4v) is 0.964. The largest absolute Gasteiger partial charge is 0.475 e. The van der Waals surface area contributed by atoms with E-state index < -0.39 is 4.92 Å². The Morgan fingerprint density at radius 1 is 1.58 bits per heavy atom. The summed E-state index contributed by atoms with van der Waals surface area (Å²) < 4.78 is 0. The molecule has 0 unspecified atom stereocenters. The predicted octanol–water partition coefficient (Wildman–Crippen LogP) is 0.450. The van der Waals surface area contributed by atoms with E-state index in [1.165, 1.54) is 6.07 Å². The lowest BCUT2D eigenvalue weighted by Crippen LogP contribution is -2.74. The second kappa shape index (κ2) is 3.82. The zero-order chi connectivity index (χ0) is 8.97. The molecule has 0 aliphatic heterocycles. The third-order valence-electron chi connectivity index (χ3n) is 1.50. The molecule has 1 aromatic rings.